The van der Waals surface area contributed by atoms with Gasteiger partial charge in [0, 0.05) is 13.1 Å². The predicted molar refractivity (Wildman–Crippen MR) is 56.3 cm³/mol. The van der Waals surface area contributed by atoms with E-state index in [0.29, 0.717) is 13.1 Å². The van der Waals surface area contributed by atoms with Crippen LogP contribution in [0.15, 0.2) is 0 Å². The number of nitrogens with zero attached hydrogens (tertiary/aromatic N) is 1. The average molecular weight is 227 g/mol. The first-order chi connectivity index (χ1) is 7.56. The van der Waals surface area contributed by atoms with Gasteiger partial charge in [-0.25, -0.2) is 0 Å². The van der Waals surface area contributed by atoms with Crippen LogP contribution >= 0.6 is 0 Å². The lowest BCUT2D eigenvalue weighted by Crippen LogP contribution is -2.52. The van der Waals surface area contributed by atoms with Gasteiger partial charge in [0.25, 0.3) is 0 Å². The highest BCUT2D eigenvalue weighted by Crippen LogP contribution is 2.26. The summed E-state index contributed by atoms with van der Waals surface area (Å²) in [6.45, 7) is 1.17. The van der Waals surface area contributed by atoms with E-state index in [0.717, 1.165) is 12.8 Å². The maximum atomic E-state index is 11.9. The number of amides is 2. The van der Waals surface area contributed by atoms with Crippen LogP contribution in [0, 0.1) is 0 Å². The molecule has 0 aromatic rings. The minimum Gasteiger partial charge on any atom is -0.371 e. The van der Waals surface area contributed by atoms with Gasteiger partial charge in [0.05, 0.1) is 24.7 Å². The van der Waals surface area contributed by atoms with Crippen LogP contribution in [-0.4, -0.2) is 48.1 Å². The molecule has 0 aromatic carbocycles. The van der Waals surface area contributed by atoms with Crippen LogP contribution in [0.25, 0.3) is 0 Å². The van der Waals surface area contributed by atoms with Crippen molar-refractivity contribution in [2.45, 2.75) is 37.5 Å². The molecular weight excluding hydrogens is 210 g/mol. The summed E-state index contributed by atoms with van der Waals surface area (Å²) in [5, 5.41) is 0. The maximum Gasteiger partial charge on any atom is 0.240 e. The fraction of sp³-hybridized carbons (Fsp3) is 0.800. The Hall–Kier alpha value is -1.14. The van der Waals surface area contributed by atoms with Crippen LogP contribution < -0.4 is 11.5 Å². The van der Waals surface area contributed by atoms with Gasteiger partial charge < -0.3 is 21.1 Å². The minimum absolute atomic E-state index is 0.0917. The molecule has 6 heteroatoms. The van der Waals surface area contributed by atoms with Crippen LogP contribution in [0.3, 0.4) is 0 Å². The van der Waals surface area contributed by atoms with Gasteiger partial charge in [-0.1, -0.05) is 0 Å². The first kappa shape index (κ1) is 11.3. The number of ether oxygens (including phenoxy) is 1. The number of rotatable bonds is 3. The van der Waals surface area contributed by atoms with E-state index in [1.165, 1.54) is 0 Å². The summed E-state index contributed by atoms with van der Waals surface area (Å²) in [6.07, 6.45) is 2.19. The molecule has 2 rings (SSSR count). The van der Waals surface area contributed by atoms with E-state index in [1.54, 1.807) is 4.90 Å². The molecule has 2 aliphatic heterocycles. The summed E-state index contributed by atoms with van der Waals surface area (Å²) < 4.78 is 5.61. The monoisotopic (exact) mass is 227 g/mol. The molecule has 2 amide bonds. The largest absolute Gasteiger partial charge is 0.371 e. The number of morpholine rings is 1. The van der Waals surface area contributed by atoms with Gasteiger partial charge >= 0.3 is 0 Å². The van der Waals surface area contributed by atoms with Crippen molar-refractivity contribution in [3.63, 3.8) is 0 Å². The van der Waals surface area contributed by atoms with Crippen LogP contribution in [0.5, 0.6) is 0 Å². The highest BCUT2D eigenvalue weighted by atomic mass is 16.5. The number of nitrogens with two attached hydrogens (primary N) is 2. The molecule has 16 heavy (non-hydrogen) atoms. The zero-order chi connectivity index (χ0) is 11.7. The molecule has 0 aromatic heterocycles. The van der Waals surface area contributed by atoms with Gasteiger partial charge in [0.1, 0.15) is 0 Å². The first-order valence-corrected chi connectivity index (χ1v) is 5.54. The van der Waals surface area contributed by atoms with Crippen molar-refractivity contribution in [1.29, 1.82) is 0 Å². The second kappa shape index (κ2) is 4.39. The summed E-state index contributed by atoms with van der Waals surface area (Å²) in [6, 6.07) is -0.810. The molecule has 0 radical (unpaired) electrons. The fourth-order valence-electron chi connectivity index (χ4n) is 2.33. The highest BCUT2D eigenvalue weighted by Gasteiger charge is 2.37. The quantitative estimate of drug-likeness (QED) is 0.618. The molecule has 0 aliphatic carbocycles. The molecule has 3 unspecified atom stereocenters. The summed E-state index contributed by atoms with van der Waals surface area (Å²) in [7, 11) is 0. The smallest absolute Gasteiger partial charge is 0.240 e. The Kier molecular flexibility index (Phi) is 3.11. The van der Waals surface area contributed by atoms with Crippen molar-refractivity contribution in [3.05, 3.63) is 0 Å². The van der Waals surface area contributed by atoms with Crippen molar-refractivity contribution in [2.75, 3.05) is 13.1 Å². The molecule has 2 fully saturated rings. The van der Waals surface area contributed by atoms with Crippen LogP contribution in [-0.2, 0) is 14.3 Å². The van der Waals surface area contributed by atoms with Gasteiger partial charge in [0.15, 0.2) is 0 Å². The molecule has 90 valence electrons. The zero-order valence-electron chi connectivity index (χ0n) is 9.09. The number of likely N-dealkylation sites (tertiary alicyclic amines) is 1. The Morgan fingerprint density at radius 3 is 2.38 bits per heavy atom. The Labute approximate surface area is 93.9 Å². The van der Waals surface area contributed by atoms with E-state index in [2.05, 4.69) is 0 Å². The number of carbonyl (C=O) groups is 2. The first-order valence-electron chi connectivity index (χ1n) is 5.54. The van der Waals surface area contributed by atoms with Crippen LogP contribution in [0.2, 0.25) is 0 Å². The Morgan fingerprint density at radius 1 is 1.31 bits per heavy atom. The lowest BCUT2D eigenvalue weighted by molar-refractivity contribution is -0.142. The lowest BCUT2D eigenvalue weighted by atomic mass is 10.1. The lowest BCUT2D eigenvalue weighted by Gasteiger charge is -2.33. The molecular formula is C10H17N3O3. The fourth-order valence-corrected chi connectivity index (χ4v) is 2.33. The Balaban J connectivity index is 1.92. The van der Waals surface area contributed by atoms with Gasteiger partial charge in [-0.3, -0.25) is 9.59 Å². The van der Waals surface area contributed by atoms with E-state index >= 15 is 0 Å². The Bertz CT molecular complexity index is 296. The van der Waals surface area contributed by atoms with E-state index in [4.69, 9.17) is 16.2 Å². The van der Waals surface area contributed by atoms with Gasteiger partial charge in [0.2, 0.25) is 11.8 Å². The van der Waals surface area contributed by atoms with Crippen LogP contribution in [0.4, 0.5) is 0 Å². The van der Waals surface area contributed by atoms with Gasteiger partial charge in [-0.2, -0.15) is 0 Å². The minimum atomic E-state index is -0.810. The molecule has 3 atom stereocenters. The molecule has 0 saturated carbocycles. The van der Waals surface area contributed by atoms with Crippen molar-refractivity contribution < 1.29 is 14.3 Å². The van der Waals surface area contributed by atoms with Crippen LogP contribution in [0.1, 0.15) is 19.3 Å². The van der Waals surface area contributed by atoms with Crippen molar-refractivity contribution in [2.24, 2.45) is 11.5 Å². The molecule has 2 aliphatic rings. The molecule has 0 spiro atoms. The SMILES string of the molecule is NC(=O)CC(N)C(=O)N1CC2CCC(C1)O2. The normalized spacial score (nSPS) is 30.2. The summed E-state index contributed by atoms with van der Waals surface area (Å²) in [4.78, 5) is 24.3. The molecule has 6 nitrogen and oxygen atoms in total. The third-order valence-corrected chi connectivity index (χ3v) is 3.09. The highest BCUT2D eigenvalue weighted by molar-refractivity contribution is 5.87. The number of hydrogen-bond acceptors (Lipinski definition) is 4. The molecule has 2 heterocycles. The Morgan fingerprint density at radius 2 is 1.88 bits per heavy atom. The zero-order valence-corrected chi connectivity index (χ0v) is 9.09. The topological polar surface area (TPSA) is 98.7 Å². The third kappa shape index (κ3) is 2.33. The van der Waals surface area contributed by atoms with E-state index in [-0.39, 0.29) is 24.5 Å². The summed E-state index contributed by atoms with van der Waals surface area (Å²) in [5.41, 5.74) is 10.6. The molecule has 4 N–H and O–H groups in total. The number of fused-ring (bicyclic) bond motifs is 2. The maximum absolute atomic E-state index is 11.9. The number of carbonyl (C=O) groups excluding carboxylic acids is 2. The standard InChI is InChI=1S/C10H17N3O3/c11-8(3-9(12)14)10(15)13-4-6-1-2-7(5-13)16-6/h6-8H,1-5,11H2,(H2,12,14). The second-order valence-electron chi connectivity index (χ2n) is 4.48. The van der Waals surface area contributed by atoms with E-state index in [1.807, 2.05) is 0 Å². The van der Waals surface area contributed by atoms with E-state index in [9.17, 15) is 9.59 Å². The van der Waals surface area contributed by atoms with Crippen molar-refractivity contribution in [1.82, 2.24) is 4.90 Å². The molecule has 2 saturated heterocycles. The van der Waals surface area contributed by atoms with Gasteiger partial charge in [-0.15, -0.1) is 0 Å². The summed E-state index contributed by atoms with van der Waals surface area (Å²) in [5.74, 6) is -0.740. The second-order valence-corrected chi connectivity index (χ2v) is 4.48. The predicted octanol–water partition coefficient (Wildman–Crippen LogP) is -1.42. The third-order valence-electron chi connectivity index (χ3n) is 3.09. The average Bonchev–Trinajstić information content (AvgIpc) is 2.55. The van der Waals surface area contributed by atoms with Crippen molar-refractivity contribution >= 4 is 11.8 Å². The molecule has 2 bridgehead atoms. The van der Waals surface area contributed by atoms with Crippen molar-refractivity contribution in [3.8, 4) is 0 Å². The number of primary amides is 1. The summed E-state index contributed by atoms with van der Waals surface area (Å²) >= 11 is 0. The van der Waals surface area contributed by atoms with E-state index < -0.39 is 11.9 Å². The number of hydrogen-bond donors (Lipinski definition) is 2. The van der Waals surface area contributed by atoms with Gasteiger partial charge in [-0.05, 0) is 12.8 Å².